The minimum absolute atomic E-state index is 0.00426. The number of anilines is 1. The molecule has 0 aliphatic carbocycles. The van der Waals surface area contributed by atoms with E-state index in [-0.39, 0.29) is 65.3 Å². The molecular weight excluding hydrogens is 540 g/mol. The molecule has 1 atom stereocenters. The maximum atomic E-state index is 13.5. The molecule has 0 amide bonds. The van der Waals surface area contributed by atoms with Crippen LogP contribution in [0, 0.1) is 11.3 Å². The summed E-state index contributed by atoms with van der Waals surface area (Å²) in [6.07, 6.45) is 0. The molecular formula is C27H28N4O8S. The lowest BCUT2D eigenvalue weighted by Gasteiger charge is -2.36. The van der Waals surface area contributed by atoms with Crippen LogP contribution in [0.4, 0.5) is 5.69 Å². The van der Waals surface area contributed by atoms with Gasteiger partial charge in [0.15, 0.2) is 0 Å². The van der Waals surface area contributed by atoms with Crippen LogP contribution in [0.15, 0.2) is 76.1 Å². The number of benzene rings is 2. The van der Waals surface area contributed by atoms with Crippen LogP contribution in [0.25, 0.3) is 0 Å². The van der Waals surface area contributed by atoms with E-state index in [9.17, 15) is 23.3 Å². The second-order valence-corrected chi connectivity index (χ2v) is 10.6. The van der Waals surface area contributed by atoms with Crippen molar-refractivity contribution in [1.82, 2.24) is 4.31 Å². The van der Waals surface area contributed by atoms with Crippen molar-refractivity contribution in [3.63, 3.8) is 0 Å². The third kappa shape index (κ3) is 5.00. The number of hydrogen-bond acceptors (Lipinski definition) is 11. The van der Waals surface area contributed by atoms with Crippen molar-refractivity contribution < 1.29 is 37.0 Å². The molecule has 2 aromatic rings. The molecule has 13 heteroatoms. The number of nitrogens with two attached hydrogens (primary N) is 1. The van der Waals surface area contributed by atoms with Gasteiger partial charge in [0, 0.05) is 13.1 Å². The molecule has 12 nitrogen and oxygen atoms in total. The van der Waals surface area contributed by atoms with Gasteiger partial charge >= 0.3 is 11.9 Å². The van der Waals surface area contributed by atoms with Gasteiger partial charge in [-0.2, -0.15) is 9.57 Å². The number of allylic oxidation sites excluding steroid dienone is 1. The van der Waals surface area contributed by atoms with Gasteiger partial charge in [-0.3, -0.25) is 4.90 Å². The third-order valence-electron chi connectivity index (χ3n) is 6.61. The highest BCUT2D eigenvalue weighted by Crippen LogP contribution is 2.45. The highest BCUT2D eigenvalue weighted by atomic mass is 32.2. The van der Waals surface area contributed by atoms with Crippen molar-refractivity contribution in [1.29, 1.82) is 5.26 Å². The molecule has 210 valence electrons. The van der Waals surface area contributed by atoms with Gasteiger partial charge < -0.3 is 24.7 Å². The van der Waals surface area contributed by atoms with Crippen LogP contribution in [0.2, 0.25) is 0 Å². The number of ether oxygens (including phenoxy) is 4. The number of nitrogens with zero attached hydrogens (tertiary/aromatic N) is 3. The number of morpholine rings is 1. The zero-order chi connectivity index (χ0) is 29.0. The van der Waals surface area contributed by atoms with Crippen molar-refractivity contribution in [2.24, 2.45) is 5.73 Å². The summed E-state index contributed by atoms with van der Waals surface area (Å²) >= 11 is 0. The molecule has 2 aromatic carbocycles. The highest BCUT2D eigenvalue weighted by molar-refractivity contribution is 7.89. The molecule has 2 aliphatic heterocycles. The summed E-state index contributed by atoms with van der Waals surface area (Å²) in [5.41, 5.74) is 6.43. The summed E-state index contributed by atoms with van der Waals surface area (Å²) in [6, 6.07) is 14.6. The molecule has 1 unspecified atom stereocenters. The molecule has 0 bridgehead atoms. The van der Waals surface area contributed by atoms with E-state index < -0.39 is 27.9 Å². The first-order valence-corrected chi connectivity index (χ1v) is 13.6. The maximum absolute atomic E-state index is 13.5. The van der Waals surface area contributed by atoms with E-state index >= 15 is 0 Å². The molecule has 2 N–H and O–H groups in total. The fraction of sp³-hybridized carbons (Fsp3) is 0.296. The van der Waals surface area contributed by atoms with Gasteiger partial charge in [-0.15, -0.1) is 0 Å². The molecule has 0 radical (unpaired) electrons. The summed E-state index contributed by atoms with van der Waals surface area (Å²) in [7, 11) is -0.384. The zero-order valence-corrected chi connectivity index (χ0v) is 22.9. The van der Waals surface area contributed by atoms with Gasteiger partial charge in [0.1, 0.15) is 17.3 Å². The van der Waals surface area contributed by atoms with Crippen molar-refractivity contribution in [3.8, 4) is 11.8 Å². The first-order valence-electron chi connectivity index (χ1n) is 12.1. The molecule has 0 aromatic heterocycles. The average molecular weight is 569 g/mol. The Balaban J connectivity index is 2.04. The van der Waals surface area contributed by atoms with E-state index in [0.29, 0.717) is 5.56 Å². The zero-order valence-electron chi connectivity index (χ0n) is 22.1. The quantitative estimate of drug-likeness (QED) is 0.483. The van der Waals surface area contributed by atoms with E-state index in [1.54, 1.807) is 30.3 Å². The van der Waals surface area contributed by atoms with E-state index in [2.05, 4.69) is 6.07 Å². The minimum atomic E-state index is -3.99. The molecule has 4 rings (SSSR count). The van der Waals surface area contributed by atoms with Crippen molar-refractivity contribution in [3.05, 3.63) is 76.8 Å². The summed E-state index contributed by atoms with van der Waals surface area (Å²) in [5, 5.41) is 10.2. The largest absolute Gasteiger partial charge is 0.495 e. The van der Waals surface area contributed by atoms with Gasteiger partial charge in [-0.25, -0.2) is 18.0 Å². The molecule has 2 heterocycles. The highest BCUT2D eigenvalue weighted by Gasteiger charge is 2.44. The van der Waals surface area contributed by atoms with Crippen LogP contribution in [0.3, 0.4) is 0 Å². The predicted molar refractivity (Wildman–Crippen MR) is 142 cm³/mol. The second-order valence-electron chi connectivity index (χ2n) is 8.69. The SMILES string of the molecule is COC(=O)C1=C(C(=O)OC)N(c2cc(S(=O)(=O)N3CCOCC3)ccc2OC)C(N)=C(C#N)C1c1ccccc1. The Morgan fingerprint density at radius 1 is 1.02 bits per heavy atom. The summed E-state index contributed by atoms with van der Waals surface area (Å²) < 4.78 is 49.1. The predicted octanol–water partition coefficient (Wildman–Crippen LogP) is 1.61. The monoisotopic (exact) mass is 568 g/mol. The lowest BCUT2D eigenvalue weighted by atomic mass is 9.81. The molecule has 40 heavy (non-hydrogen) atoms. The number of carbonyl (C=O) groups excluding carboxylic acids is 2. The van der Waals surface area contributed by atoms with Crippen molar-refractivity contribution >= 4 is 27.6 Å². The first-order chi connectivity index (χ1) is 19.2. The summed E-state index contributed by atoms with van der Waals surface area (Å²) in [4.78, 5) is 27.6. The number of carbonyl (C=O) groups is 2. The number of sulfonamides is 1. The van der Waals surface area contributed by atoms with E-state index in [1.165, 1.54) is 29.6 Å². The molecule has 1 fully saturated rings. The molecule has 0 saturated carbocycles. The summed E-state index contributed by atoms with van der Waals surface area (Å²) in [6.45, 7) is 0.807. The van der Waals surface area contributed by atoms with Gasteiger partial charge in [0.05, 0.1) is 68.3 Å². The van der Waals surface area contributed by atoms with Gasteiger partial charge in [-0.1, -0.05) is 30.3 Å². The lowest BCUT2D eigenvalue weighted by molar-refractivity contribution is -0.139. The topological polar surface area (TPSA) is 161 Å². The van der Waals surface area contributed by atoms with E-state index in [4.69, 9.17) is 24.7 Å². The Morgan fingerprint density at radius 2 is 1.68 bits per heavy atom. The van der Waals surface area contributed by atoms with Crippen LogP contribution in [-0.2, 0) is 33.8 Å². The van der Waals surface area contributed by atoms with Gasteiger partial charge in [0.25, 0.3) is 0 Å². The number of rotatable bonds is 7. The third-order valence-corrected chi connectivity index (χ3v) is 8.50. The lowest BCUT2D eigenvalue weighted by Crippen LogP contribution is -2.41. The Kier molecular flexibility index (Phi) is 8.43. The van der Waals surface area contributed by atoms with Crippen LogP contribution in [0.5, 0.6) is 5.75 Å². The van der Waals surface area contributed by atoms with Crippen molar-refractivity contribution in [2.75, 3.05) is 52.5 Å². The van der Waals surface area contributed by atoms with Crippen LogP contribution in [-0.4, -0.2) is 72.3 Å². The van der Waals surface area contributed by atoms with Crippen LogP contribution >= 0.6 is 0 Å². The van der Waals surface area contributed by atoms with E-state index in [1.807, 2.05) is 0 Å². The standard InChI is InChI=1S/C27H28N4O8S/c1-36-21-10-9-18(40(34,35)30-11-13-39-14-12-30)15-20(21)31-24(27(33)38-3)23(26(32)37-2)22(19(16-28)25(31)29)17-7-5-4-6-8-17/h4-10,15,22H,11-14,29H2,1-3H3. The second kappa shape index (κ2) is 11.8. The number of hydrogen-bond donors (Lipinski definition) is 1. The Labute approximate surface area is 231 Å². The fourth-order valence-corrected chi connectivity index (χ4v) is 6.13. The Hall–Kier alpha value is -4.38. The fourth-order valence-electron chi connectivity index (χ4n) is 4.70. The number of methoxy groups -OCH3 is 3. The Bertz CT molecular complexity index is 1520. The normalized spacial score (nSPS) is 18.2. The van der Waals surface area contributed by atoms with Gasteiger partial charge in [0.2, 0.25) is 10.0 Å². The average Bonchev–Trinajstić information content (AvgIpc) is 3.00. The van der Waals surface area contributed by atoms with Crippen molar-refractivity contribution in [2.45, 2.75) is 10.8 Å². The summed E-state index contributed by atoms with van der Waals surface area (Å²) in [5.74, 6) is -3.05. The van der Waals surface area contributed by atoms with Crippen LogP contribution in [0.1, 0.15) is 11.5 Å². The molecule has 0 spiro atoms. The van der Waals surface area contributed by atoms with Crippen LogP contribution < -0.4 is 15.4 Å². The van der Waals surface area contributed by atoms with Gasteiger partial charge in [-0.05, 0) is 23.8 Å². The minimum Gasteiger partial charge on any atom is -0.495 e. The Morgan fingerprint density at radius 3 is 2.25 bits per heavy atom. The molecule has 1 saturated heterocycles. The number of nitriles is 1. The number of esters is 2. The smallest absolute Gasteiger partial charge is 0.355 e. The van der Waals surface area contributed by atoms with E-state index in [0.717, 1.165) is 19.1 Å². The maximum Gasteiger partial charge on any atom is 0.355 e. The molecule has 2 aliphatic rings. The first kappa shape index (κ1) is 28.6.